The van der Waals surface area contributed by atoms with Gasteiger partial charge in [-0.2, -0.15) is 5.10 Å². The zero-order chi connectivity index (χ0) is 13.9. The number of nitrogens with two attached hydrogens (primary N) is 1. The van der Waals surface area contributed by atoms with Crippen molar-refractivity contribution in [3.8, 4) is 0 Å². The molecule has 0 fully saturated rings. The Labute approximate surface area is 109 Å². The van der Waals surface area contributed by atoms with Crippen LogP contribution < -0.4 is 11.1 Å². The normalized spacial score (nSPS) is 13.4. The van der Waals surface area contributed by atoms with Crippen LogP contribution in [0.3, 0.4) is 0 Å². The first-order valence-electron chi connectivity index (χ1n) is 6.30. The van der Waals surface area contributed by atoms with Crippen LogP contribution in [0.2, 0.25) is 0 Å². The highest BCUT2D eigenvalue weighted by molar-refractivity contribution is 5.82. The Morgan fingerprint density at radius 1 is 1.56 bits per heavy atom. The summed E-state index contributed by atoms with van der Waals surface area (Å²) in [7, 11) is 1.88. The molecule has 1 atom stereocenters. The van der Waals surface area contributed by atoms with Crippen LogP contribution >= 0.6 is 0 Å². The predicted octanol–water partition coefficient (Wildman–Crippen LogP) is 0.972. The van der Waals surface area contributed by atoms with Gasteiger partial charge in [0.15, 0.2) is 0 Å². The molecule has 5 nitrogen and oxygen atoms in total. The van der Waals surface area contributed by atoms with E-state index in [0.29, 0.717) is 6.54 Å². The van der Waals surface area contributed by atoms with Crippen molar-refractivity contribution in [3.63, 3.8) is 0 Å². The first kappa shape index (κ1) is 14.7. The van der Waals surface area contributed by atoms with Crippen LogP contribution in [0.4, 0.5) is 0 Å². The third-order valence-electron chi connectivity index (χ3n) is 3.00. The molecule has 0 aliphatic heterocycles. The van der Waals surface area contributed by atoms with E-state index in [2.05, 4.69) is 17.3 Å². The summed E-state index contributed by atoms with van der Waals surface area (Å²) in [5.41, 5.74) is 7.74. The summed E-state index contributed by atoms with van der Waals surface area (Å²) in [5, 5.41) is 7.21. The quantitative estimate of drug-likeness (QED) is 0.838. The molecular weight excluding hydrogens is 228 g/mol. The lowest BCUT2D eigenvalue weighted by molar-refractivity contribution is -0.124. The van der Waals surface area contributed by atoms with Gasteiger partial charge in [0.05, 0.1) is 11.7 Å². The van der Waals surface area contributed by atoms with Crippen molar-refractivity contribution in [2.45, 2.75) is 46.7 Å². The van der Waals surface area contributed by atoms with Gasteiger partial charge in [-0.3, -0.25) is 9.48 Å². The van der Waals surface area contributed by atoms with E-state index in [-0.39, 0.29) is 11.3 Å². The Balaban J connectivity index is 2.62. The number of carbonyl (C=O) groups excluding carboxylic acids is 1. The molecule has 0 aromatic carbocycles. The molecule has 0 spiro atoms. The van der Waals surface area contributed by atoms with Gasteiger partial charge in [0, 0.05) is 25.4 Å². The maximum absolute atomic E-state index is 11.9. The minimum atomic E-state index is -0.501. The summed E-state index contributed by atoms with van der Waals surface area (Å²) in [4.78, 5) is 11.9. The van der Waals surface area contributed by atoms with Gasteiger partial charge < -0.3 is 11.1 Å². The lowest BCUT2D eigenvalue weighted by atomic mass is 9.87. The van der Waals surface area contributed by atoms with Gasteiger partial charge in [-0.1, -0.05) is 27.7 Å². The Hall–Kier alpha value is -1.36. The Kier molecular flexibility index (Phi) is 4.51. The van der Waals surface area contributed by atoms with Crippen molar-refractivity contribution in [3.05, 3.63) is 17.5 Å². The molecule has 0 radical (unpaired) electrons. The number of amides is 1. The fourth-order valence-corrected chi connectivity index (χ4v) is 1.71. The lowest BCUT2D eigenvalue weighted by Crippen LogP contribution is -2.48. The average Bonchev–Trinajstić information content (AvgIpc) is 2.64. The molecule has 18 heavy (non-hydrogen) atoms. The highest BCUT2D eigenvalue weighted by Crippen LogP contribution is 2.17. The van der Waals surface area contributed by atoms with E-state index in [4.69, 9.17) is 5.73 Å². The van der Waals surface area contributed by atoms with E-state index in [1.807, 2.05) is 34.0 Å². The van der Waals surface area contributed by atoms with E-state index in [1.54, 1.807) is 4.68 Å². The molecule has 0 aliphatic carbocycles. The van der Waals surface area contributed by atoms with Crippen LogP contribution in [0.1, 0.15) is 39.0 Å². The van der Waals surface area contributed by atoms with Gasteiger partial charge in [0.25, 0.3) is 0 Å². The highest BCUT2D eigenvalue weighted by Gasteiger charge is 2.27. The van der Waals surface area contributed by atoms with Crippen LogP contribution in [0.15, 0.2) is 6.20 Å². The third-order valence-corrected chi connectivity index (χ3v) is 3.00. The van der Waals surface area contributed by atoms with Gasteiger partial charge in [-0.05, 0) is 11.8 Å². The Morgan fingerprint density at radius 3 is 2.67 bits per heavy atom. The zero-order valence-corrected chi connectivity index (χ0v) is 11.9. The molecule has 3 N–H and O–H groups in total. The summed E-state index contributed by atoms with van der Waals surface area (Å²) in [6.07, 6.45) is 2.79. The Bertz CT molecular complexity index is 417. The second-order valence-electron chi connectivity index (χ2n) is 5.69. The van der Waals surface area contributed by atoms with Gasteiger partial charge in [0.1, 0.15) is 0 Å². The van der Waals surface area contributed by atoms with Crippen molar-refractivity contribution < 1.29 is 4.79 Å². The number of nitrogens with zero attached hydrogens (tertiary/aromatic N) is 2. The molecule has 1 heterocycles. The van der Waals surface area contributed by atoms with Crippen LogP contribution in [0, 0.1) is 5.41 Å². The minimum Gasteiger partial charge on any atom is -0.351 e. The smallest absolute Gasteiger partial charge is 0.237 e. The van der Waals surface area contributed by atoms with Crippen molar-refractivity contribution >= 4 is 5.91 Å². The number of rotatable bonds is 4. The molecule has 5 heteroatoms. The fraction of sp³-hybridized carbons (Fsp3) is 0.692. The second kappa shape index (κ2) is 5.52. The van der Waals surface area contributed by atoms with E-state index in [0.717, 1.165) is 17.7 Å². The molecule has 0 bridgehead atoms. The monoisotopic (exact) mass is 252 g/mol. The minimum absolute atomic E-state index is 0.117. The van der Waals surface area contributed by atoms with Gasteiger partial charge in [0.2, 0.25) is 5.91 Å². The highest BCUT2D eigenvalue weighted by atomic mass is 16.2. The first-order valence-corrected chi connectivity index (χ1v) is 6.30. The summed E-state index contributed by atoms with van der Waals surface area (Å²) in [6.45, 7) is 8.41. The molecule has 0 aliphatic rings. The van der Waals surface area contributed by atoms with Crippen LogP contribution in [-0.2, 0) is 24.8 Å². The molecule has 0 saturated heterocycles. The molecule has 102 valence electrons. The zero-order valence-electron chi connectivity index (χ0n) is 11.9. The number of carbonyl (C=O) groups is 1. The number of hydrogen-bond donors (Lipinski definition) is 2. The first-order chi connectivity index (χ1) is 8.25. The van der Waals surface area contributed by atoms with Crippen LogP contribution in [0.5, 0.6) is 0 Å². The SMILES string of the molecule is CCc1nn(C)cc1CNC(=O)C(N)C(C)(C)C. The summed E-state index contributed by atoms with van der Waals surface area (Å²) in [5.74, 6) is -0.117. The maximum atomic E-state index is 11.9. The predicted molar refractivity (Wildman–Crippen MR) is 71.9 cm³/mol. The van der Waals surface area contributed by atoms with E-state index < -0.39 is 6.04 Å². The largest absolute Gasteiger partial charge is 0.351 e. The van der Waals surface area contributed by atoms with Crippen molar-refractivity contribution in [1.29, 1.82) is 0 Å². The summed E-state index contributed by atoms with van der Waals surface area (Å²) in [6, 6.07) is -0.501. The average molecular weight is 252 g/mol. The third kappa shape index (κ3) is 3.57. The second-order valence-corrected chi connectivity index (χ2v) is 5.69. The summed E-state index contributed by atoms with van der Waals surface area (Å²) < 4.78 is 1.77. The number of aryl methyl sites for hydroxylation is 2. The summed E-state index contributed by atoms with van der Waals surface area (Å²) >= 11 is 0. The van der Waals surface area contributed by atoms with Crippen molar-refractivity contribution in [1.82, 2.24) is 15.1 Å². The Morgan fingerprint density at radius 2 is 2.17 bits per heavy atom. The molecular formula is C13H24N4O. The van der Waals surface area contributed by atoms with Gasteiger partial charge in [-0.15, -0.1) is 0 Å². The lowest BCUT2D eigenvalue weighted by Gasteiger charge is -2.25. The maximum Gasteiger partial charge on any atom is 0.237 e. The van der Waals surface area contributed by atoms with Gasteiger partial charge >= 0.3 is 0 Å². The number of nitrogens with one attached hydrogen (secondary N) is 1. The van der Waals surface area contributed by atoms with Crippen LogP contribution in [-0.4, -0.2) is 21.7 Å². The number of aromatic nitrogens is 2. The molecule has 1 unspecified atom stereocenters. The van der Waals surface area contributed by atoms with Crippen molar-refractivity contribution in [2.75, 3.05) is 0 Å². The topological polar surface area (TPSA) is 72.9 Å². The molecule has 0 saturated carbocycles. The van der Waals surface area contributed by atoms with Crippen molar-refractivity contribution in [2.24, 2.45) is 18.2 Å². The van der Waals surface area contributed by atoms with Crippen LogP contribution in [0.25, 0.3) is 0 Å². The van der Waals surface area contributed by atoms with E-state index >= 15 is 0 Å². The molecule has 1 amide bonds. The molecule has 1 aromatic heterocycles. The van der Waals surface area contributed by atoms with E-state index in [9.17, 15) is 4.79 Å². The molecule has 1 aromatic rings. The standard InChI is InChI=1S/C13H24N4O/c1-6-10-9(8-17(5)16-10)7-15-12(18)11(14)13(2,3)4/h8,11H,6-7,14H2,1-5H3,(H,15,18). The number of hydrogen-bond acceptors (Lipinski definition) is 3. The fourth-order valence-electron chi connectivity index (χ4n) is 1.71. The van der Waals surface area contributed by atoms with Gasteiger partial charge in [-0.25, -0.2) is 0 Å². The van der Waals surface area contributed by atoms with E-state index in [1.165, 1.54) is 0 Å². The molecule has 1 rings (SSSR count).